The van der Waals surface area contributed by atoms with E-state index in [0.29, 0.717) is 6.61 Å². The van der Waals surface area contributed by atoms with Crippen LogP contribution in [0.2, 0.25) is 0 Å². The first kappa shape index (κ1) is 18.1. The summed E-state index contributed by atoms with van der Waals surface area (Å²) < 4.78 is 22.8. The van der Waals surface area contributed by atoms with E-state index in [9.17, 15) is 0 Å². The van der Waals surface area contributed by atoms with Crippen molar-refractivity contribution >= 4 is 0 Å². The molecule has 0 aromatic heterocycles. The Morgan fingerprint density at radius 3 is 2.46 bits per heavy atom. The number of ether oxygens (including phenoxy) is 4. The summed E-state index contributed by atoms with van der Waals surface area (Å²) in [4.78, 5) is 2.68. The van der Waals surface area contributed by atoms with Gasteiger partial charge in [0.2, 0.25) is 0 Å². The number of hydrogen-bond donors (Lipinski definition) is 0. The lowest BCUT2D eigenvalue weighted by molar-refractivity contribution is -0.140. The van der Waals surface area contributed by atoms with Crippen LogP contribution in [-0.4, -0.2) is 50.7 Å². The van der Waals surface area contributed by atoms with Gasteiger partial charge in [0, 0.05) is 18.6 Å². The Morgan fingerprint density at radius 1 is 1.15 bits per heavy atom. The van der Waals surface area contributed by atoms with E-state index < -0.39 is 5.79 Å². The minimum atomic E-state index is -0.433. The zero-order valence-corrected chi connectivity index (χ0v) is 16.5. The topological polar surface area (TPSA) is 40.2 Å². The maximum absolute atomic E-state index is 6.01. The van der Waals surface area contributed by atoms with Crippen LogP contribution in [0.25, 0.3) is 0 Å². The number of rotatable bonds is 5. The van der Waals surface area contributed by atoms with Crippen LogP contribution in [0.3, 0.4) is 0 Å². The molecule has 1 saturated carbocycles. The zero-order chi connectivity index (χ0) is 18.4. The van der Waals surface area contributed by atoms with Crippen molar-refractivity contribution in [3.05, 3.63) is 23.3 Å². The van der Waals surface area contributed by atoms with Crippen molar-refractivity contribution in [3.8, 4) is 11.5 Å². The quantitative estimate of drug-likeness (QED) is 0.803. The highest BCUT2D eigenvalue weighted by Crippen LogP contribution is 2.52. The van der Waals surface area contributed by atoms with Crippen molar-refractivity contribution in [1.29, 1.82) is 0 Å². The molecule has 1 aromatic carbocycles. The molecule has 0 N–H and O–H groups in total. The molecule has 1 aliphatic carbocycles. The Labute approximate surface area is 156 Å². The smallest absolute Gasteiger partial charge is 0.163 e. The van der Waals surface area contributed by atoms with E-state index in [4.69, 9.17) is 18.9 Å². The highest BCUT2D eigenvalue weighted by molar-refractivity contribution is 5.51. The fourth-order valence-electron chi connectivity index (χ4n) is 4.83. The molecule has 5 nitrogen and oxygen atoms in total. The average Bonchev–Trinajstić information content (AvgIpc) is 2.95. The summed E-state index contributed by atoms with van der Waals surface area (Å²) in [6.07, 6.45) is 6.03. The molecule has 1 aromatic rings. The lowest BCUT2D eigenvalue weighted by Gasteiger charge is -2.54. The van der Waals surface area contributed by atoms with Crippen molar-refractivity contribution in [1.82, 2.24) is 4.90 Å². The molecular weight excluding hydrogens is 330 g/mol. The van der Waals surface area contributed by atoms with E-state index in [1.165, 1.54) is 30.4 Å². The van der Waals surface area contributed by atoms with Crippen LogP contribution < -0.4 is 9.47 Å². The number of fused-ring (bicyclic) bond motifs is 2. The second-order valence-corrected chi connectivity index (χ2v) is 8.23. The fraction of sp³-hybridized carbons (Fsp3) is 0.714. The lowest BCUT2D eigenvalue weighted by Crippen LogP contribution is -2.55. The third-order valence-electron chi connectivity index (χ3n) is 6.34. The molecule has 2 fully saturated rings. The first-order chi connectivity index (χ1) is 12.5. The third kappa shape index (κ3) is 3.00. The van der Waals surface area contributed by atoms with E-state index in [0.717, 1.165) is 37.4 Å². The Bertz CT molecular complexity index is 668. The molecule has 2 aliphatic heterocycles. The molecule has 4 rings (SSSR count). The van der Waals surface area contributed by atoms with E-state index in [1.54, 1.807) is 14.2 Å². The number of benzene rings is 1. The lowest BCUT2D eigenvalue weighted by atomic mass is 9.66. The molecule has 1 atom stereocenters. The summed E-state index contributed by atoms with van der Waals surface area (Å²) in [6.45, 7) is 6.85. The van der Waals surface area contributed by atoms with Crippen molar-refractivity contribution < 1.29 is 18.9 Å². The minimum Gasteiger partial charge on any atom is -0.493 e. The molecule has 2 heterocycles. The molecule has 1 spiro atoms. The predicted octanol–water partition coefficient (Wildman–Crippen LogP) is 3.48. The van der Waals surface area contributed by atoms with Gasteiger partial charge in [0.05, 0.1) is 26.9 Å². The van der Waals surface area contributed by atoms with Crippen LogP contribution in [0.4, 0.5) is 0 Å². The van der Waals surface area contributed by atoms with Gasteiger partial charge in [-0.15, -0.1) is 0 Å². The SMILES string of the molecule is COc1cc2c(cc1OC)C1(CCC1)N(CCC1COC(C)(C)O1)CC2. The standard InChI is InChI=1S/C21H31NO4/c1-20(2)25-14-16(26-20)7-11-22-10-6-15-12-18(23-3)19(24-4)13-17(15)21(22)8-5-9-21/h12-13,16H,5-11,14H2,1-4H3. The van der Waals surface area contributed by atoms with Crippen molar-refractivity contribution in [2.45, 2.75) is 63.4 Å². The van der Waals surface area contributed by atoms with Gasteiger partial charge in [-0.05, 0) is 69.2 Å². The first-order valence-electron chi connectivity index (χ1n) is 9.80. The molecule has 0 bridgehead atoms. The summed E-state index contributed by atoms with van der Waals surface area (Å²) in [5, 5.41) is 0. The normalized spacial score (nSPS) is 26.4. The van der Waals surface area contributed by atoms with Gasteiger partial charge in [0.25, 0.3) is 0 Å². The van der Waals surface area contributed by atoms with Crippen LogP contribution in [-0.2, 0) is 21.4 Å². The van der Waals surface area contributed by atoms with Gasteiger partial charge < -0.3 is 18.9 Å². The second kappa shape index (κ2) is 6.70. The van der Waals surface area contributed by atoms with Crippen LogP contribution in [0, 0.1) is 0 Å². The fourth-order valence-corrected chi connectivity index (χ4v) is 4.83. The number of nitrogens with zero attached hydrogens (tertiary/aromatic N) is 1. The second-order valence-electron chi connectivity index (χ2n) is 8.23. The Hall–Kier alpha value is -1.30. The molecule has 5 heteroatoms. The molecule has 0 radical (unpaired) electrons. The number of hydrogen-bond acceptors (Lipinski definition) is 5. The molecule has 144 valence electrons. The average molecular weight is 361 g/mol. The van der Waals surface area contributed by atoms with E-state index in [-0.39, 0.29) is 11.6 Å². The Morgan fingerprint density at radius 2 is 1.88 bits per heavy atom. The monoisotopic (exact) mass is 361 g/mol. The van der Waals surface area contributed by atoms with Gasteiger partial charge in [0.1, 0.15) is 0 Å². The zero-order valence-electron chi connectivity index (χ0n) is 16.5. The van der Waals surface area contributed by atoms with Crippen LogP contribution in [0.5, 0.6) is 11.5 Å². The number of methoxy groups -OCH3 is 2. The van der Waals surface area contributed by atoms with E-state index >= 15 is 0 Å². The van der Waals surface area contributed by atoms with Crippen molar-refractivity contribution in [3.63, 3.8) is 0 Å². The molecule has 1 unspecified atom stereocenters. The summed E-state index contributed by atoms with van der Waals surface area (Å²) in [6, 6.07) is 4.40. The van der Waals surface area contributed by atoms with Gasteiger partial charge in [-0.2, -0.15) is 0 Å². The first-order valence-corrected chi connectivity index (χ1v) is 9.80. The largest absolute Gasteiger partial charge is 0.493 e. The minimum absolute atomic E-state index is 0.169. The molecule has 1 saturated heterocycles. The van der Waals surface area contributed by atoms with Gasteiger partial charge >= 0.3 is 0 Å². The maximum Gasteiger partial charge on any atom is 0.163 e. The van der Waals surface area contributed by atoms with Gasteiger partial charge in [-0.3, -0.25) is 4.90 Å². The molecule has 3 aliphatic rings. The Kier molecular flexibility index (Phi) is 4.66. The van der Waals surface area contributed by atoms with Crippen LogP contribution >= 0.6 is 0 Å². The van der Waals surface area contributed by atoms with Crippen LogP contribution in [0.15, 0.2) is 12.1 Å². The highest BCUT2D eigenvalue weighted by atomic mass is 16.7. The van der Waals surface area contributed by atoms with Crippen molar-refractivity contribution in [2.75, 3.05) is 33.9 Å². The van der Waals surface area contributed by atoms with Crippen molar-refractivity contribution in [2.24, 2.45) is 0 Å². The molecular formula is C21H31NO4. The molecule has 0 amide bonds. The Balaban J connectivity index is 1.54. The highest BCUT2D eigenvalue weighted by Gasteiger charge is 2.47. The summed E-state index contributed by atoms with van der Waals surface area (Å²) in [5.41, 5.74) is 3.03. The summed E-state index contributed by atoms with van der Waals surface area (Å²) >= 11 is 0. The predicted molar refractivity (Wildman–Crippen MR) is 99.9 cm³/mol. The van der Waals surface area contributed by atoms with Gasteiger partial charge in [-0.1, -0.05) is 0 Å². The van der Waals surface area contributed by atoms with E-state index in [1.807, 2.05) is 13.8 Å². The third-order valence-corrected chi connectivity index (χ3v) is 6.34. The summed E-state index contributed by atoms with van der Waals surface area (Å²) in [7, 11) is 3.43. The van der Waals surface area contributed by atoms with E-state index in [2.05, 4.69) is 17.0 Å². The van der Waals surface area contributed by atoms with Gasteiger partial charge in [0.15, 0.2) is 17.3 Å². The maximum atomic E-state index is 6.01. The molecule has 26 heavy (non-hydrogen) atoms. The summed E-state index contributed by atoms with van der Waals surface area (Å²) in [5.74, 6) is 1.25. The van der Waals surface area contributed by atoms with Crippen LogP contribution in [0.1, 0.15) is 50.7 Å². The van der Waals surface area contributed by atoms with Gasteiger partial charge in [-0.25, -0.2) is 0 Å².